The third kappa shape index (κ3) is 9.56. The third-order valence-corrected chi connectivity index (χ3v) is 6.94. The second kappa shape index (κ2) is 15.4. The number of hydrogen-bond donors (Lipinski definition) is 2. The minimum Gasteiger partial charge on any atom is -0.453 e. The van der Waals surface area contributed by atoms with Gasteiger partial charge >= 0.3 is 12.2 Å². The molecule has 12 nitrogen and oxygen atoms in total. The molecule has 0 aliphatic heterocycles. The fourth-order valence-electron chi connectivity index (χ4n) is 4.82. The Labute approximate surface area is 269 Å². The number of nitrogens with zero attached hydrogens (tertiary/aromatic N) is 3. The van der Waals surface area contributed by atoms with E-state index in [0.717, 1.165) is 17.4 Å². The molecular weight excluding hydrogens is 590 g/mol. The summed E-state index contributed by atoms with van der Waals surface area (Å²) in [5.74, 6) is -0.460. The van der Waals surface area contributed by atoms with Crippen LogP contribution in [-0.2, 0) is 32.0 Å². The van der Waals surface area contributed by atoms with Crippen molar-refractivity contribution >= 4 is 40.6 Å². The van der Waals surface area contributed by atoms with Crippen molar-refractivity contribution in [1.82, 2.24) is 19.4 Å². The Morgan fingerprint density at radius 3 is 2.41 bits per heavy atom. The maximum Gasteiger partial charge on any atom is 0.419 e. The molecule has 0 saturated carbocycles. The summed E-state index contributed by atoms with van der Waals surface area (Å²) in [5, 5.41) is 5.99. The lowest BCUT2D eigenvalue weighted by molar-refractivity contribution is -0.123. The molecule has 1 atom stereocenters. The van der Waals surface area contributed by atoms with Gasteiger partial charge in [-0.1, -0.05) is 32.1 Å². The number of allylic oxidation sites excluding steroid dienone is 1. The number of aromatic nitrogens is 2. The summed E-state index contributed by atoms with van der Waals surface area (Å²) in [6.45, 7) is 9.64. The highest BCUT2D eigenvalue weighted by atomic mass is 16.6. The van der Waals surface area contributed by atoms with E-state index < -0.39 is 35.3 Å². The number of hydrogen-bond acceptors (Lipinski definition) is 7. The van der Waals surface area contributed by atoms with Gasteiger partial charge in [-0.3, -0.25) is 14.4 Å². The van der Waals surface area contributed by atoms with Crippen molar-refractivity contribution in [1.29, 1.82) is 0 Å². The monoisotopic (exact) mass is 635 g/mol. The van der Waals surface area contributed by atoms with Gasteiger partial charge in [-0.25, -0.2) is 14.2 Å². The number of anilines is 1. The minimum absolute atomic E-state index is 0.0112. The van der Waals surface area contributed by atoms with Crippen LogP contribution in [0.15, 0.2) is 59.5 Å². The van der Waals surface area contributed by atoms with E-state index in [-0.39, 0.29) is 24.6 Å². The highest BCUT2D eigenvalue weighted by molar-refractivity contribution is 5.96. The van der Waals surface area contributed by atoms with E-state index in [4.69, 9.17) is 4.74 Å². The number of fused-ring (bicyclic) bond motifs is 1. The molecule has 0 aliphatic rings. The number of amides is 3. The highest BCUT2D eigenvalue weighted by Gasteiger charge is 2.25. The van der Waals surface area contributed by atoms with Crippen LogP contribution in [0.2, 0.25) is 0 Å². The lowest BCUT2D eigenvalue weighted by Gasteiger charge is -2.21. The SMILES string of the molecule is COC(=O)N[C@@H](CC/C=C/C(=O)N(C)C)C(=O)Nc1cccn(Cc2cc3c(CC(C)C)cccc3n2C(=O)OC(C)(C)C)c1=O. The molecule has 12 heteroatoms. The van der Waals surface area contributed by atoms with Crippen molar-refractivity contribution in [2.45, 2.75) is 72.1 Å². The van der Waals surface area contributed by atoms with E-state index in [9.17, 15) is 24.0 Å². The van der Waals surface area contributed by atoms with E-state index >= 15 is 0 Å². The Balaban J connectivity index is 1.94. The van der Waals surface area contributed by atoms with Gasteiger partial charge in [0.2, 0.25) is 11.8 Å². The van der Waals surface area contributed by atoms with Gasteiger partial charge in [0.05, 0.1) is 24.9 Å². The van der Waals surface area contributed by atoms with Gasteiger partial charge in [-0.15, -0.1) is 0 Å². The topological polar surface area (TPSA) is 141 Å². The van der Waals surface area contributed by atoms with Crippen molar-refractivity contribution in [3.05, 3.63) is 76.4 Å². The van der Waals surface area contributed by atoms with Crippen molar-refractivity contribution in [3.63, 3.8) is 0 Å². The van der Waals surface area contributed by atoms with Crippen molar-refractivity contribution in [3.8, 4) is 0 Å². The summed E-state index contributed by atoms with van der Waals surface area (Å²) in [5.41, 5.74) is 1.03. The van der Waals surface area contributed by atoms with Crippen molar-refractivity contribution in [2.24, 2.45) is 5.92 Å². The van der Waals surface area contributed by atoms with E-state index in [0.29, 0.717) is 23.5 Å². The Bertz CT molecular complexity index is 1660. The van der Waals surface area contributed by atoms with Gasteiger partial charge in [0, 0.05) is 25.7 Å². The third-order valence-electron chi connectivity index (χ3n) is 6.94. The predicted octanol–water partition coefficient (Wildman–Crippen LogP) is 4.92. The maximum atomic E-state index is 13.6. The molecule has 0 saturated heterocycles. The number of pyridine rings is 1. The smallest absolute Gasteiger partial charge is 0.419 e. The molecule has 2 heterocycles. The first-order valence-corrected chi connectivity index (χ1v) is 15.2. The van der Waals surface area contributed by atoms with E-state index in [1.807, 2.05) is 24.3 Å². The molecule has 3 amide bonds. The molecule has 0 radical (unpaired) electrons. The number of methoxy groups -OCH3 is 1. The average molecular weight is 636 g/mol. The molecule has 0 spiro atoms. The number of carbonyl (C=O) groups is 4. The fourth-order valence-corrected chi connectivity index (χ4v) is 4.82. The second-order valence-electron chi connectivity index (χ2n) is 12.6. The zero-order valence-electron chi connectivity index (χ0n) is 27.9. The molecule has 0 fully saturated rings. The fraction of sp³-hybridized carbons (Fsp3) is 0.441. The van der Waals surface area contributed by atoms with Gasteiger partial charge < -0.3 is 29.6 Å². The lowest BCUT2D eigenvalue weighted by Crippen LogP contribution is -2.44. The number of ether oxygens (including phenoxy) is 2. The van der Waals surface area contributed by atoms with Crippen LogP contribution in [0, 0.1) is 5.92 Å². The number of carbonyl (C=O) groups excluding carboxylic acids is 4. The summed E-state index contributed by atoms with van der Waals surface area (Å²) >= 11 is 0. The van der Waals surface area contributed by atoms with E-state index in [1.54, 1.807) is 53.2 Å². The number of likely N-dealkylation sites (N-methyl/N-ethyl adjacent to an activating group) is 1. The van der Waals surface area contributed by atoms with E-state index in [2.05, 4.69) is 29.2 Å². The molecule has 2 N–H and O–H groups in total. The molecule has 0 unspecified atom stereocenters. The zero-order valence-corrected chi connectivity index (χ0v) is 27.9. The van der Waals surface area contributed by atoms with Gasteiger partial charge in [-0.05, 0) is 81.9 Å². The Morgan fingerprint density at radius 1 is 1.07 bits per heavy atom. The Morgan fingerprint density at radius 2 is 1.78 bits per heavy atom. The van der Waals surface area contributed by atoms with Crippen LogP contribution in [-0.4, -0.2) is 70.9 Å². The van der Waals surface area contributed by atoms with Gasteiger partial charge in [0.25, 0.3) is 5.56 Å². The Kier molecular flexibility index (Phi) is 11.9. The largest absolute Gasteiger partial charge is 0.453 e. The molecular formula is C34H45N5O7. The minimum atomic E-state index is -1.05. The molecule has 248 valence electrons. The van der Waals surface area contributed by atoms with Crippen molar-refractivity contribution < 1.29 is 28.7 Å². The highest BCUT2D eigenvalue weighted by Crippen LogP contribution is 2.27. The molecule has 0 bridgehead atoms. The summed E-state index contributed by atoms with van der Waals surface area (Å²) < 4.78 is 13.3. The molecule has 1 aromatic carbocycles. The normalized spacial score (nSPS) is 12.3. The van der Waals surface area contributed by atoms with E-state index in [1.165, 1.54) is 33.3 Å². The molecule has 46 heavy (non-hydrogen) atoms. The van der Waals surface area contributed by atoms with Crippen LogP contribution in [0.25, 0.3) is 10.9 Å². The zero-order chi connectivity index (χ0) is 34.2. The summed E-state index contributed by atoms with van der Waals surface area (Å²) in [6.07, 6.45) is 4.43. The summed E-state index contributed by atoms with van der Waals surface area (Å²) in [7, 11) is 4.42. The first-order chi connectivity index (χ1) is 21.6. The van der Waals surface area contributed by atoms with Crippen LogP contribution in [0.5, 0.6) is 0 Å². The van der Waals surface area contributed by atoms with Crippen LogP contribution in [0.1, 0.15) is 58.7 Å². The molecule has 3 aromatic rings. The lowest BCUT2D eigenvalue weighted by atomic mass is 10.00. The number of nitrogens with one attached hydrogen (secondary N) is 2. The van der Waals surface area contributed by atoms with Crippen molar-refractivity contribution in [2.75, 3.05) is 26.5 Å². The summed E-state index contributed by atoms with van der Waals surface area (Å²) in [4.78, 5) is 65.5. The van der Waals surface area contributed by atoms with Crippen LogP contribution in [0.4, 0.5) is 15.3 Å². The predicted molar refractivity (Wildman–Crippen MR) is 177 cm³/mol. The molecule has 3 rings (SSSR count). The number of benzene rings is 1. The van der Waals surface area contributed by atoms with Crippen LogP contribution in [0.3, 0.4) is 0 Å². The van der Waals surface area contributed by atoms with Gasteiger partial charge in [0.1, 0.15) is 17.3 Å². The second-order valence-corrected chi connectivity index (χ2v) is 12.6. The maximum absolute atomic E-state index is 13.6. The average Bonchev–Trinajstić information content (AvgIpc) is 3.34. The van der Waals surface area contributed by atoms with Crippen LogP contribution < -0.4 is 16.2 Å². The Hall–Kier alpha value is -4.87. The molecule has 2 aromatic heterocycles. The number of alkyl carbamates (subject to hydrolysis) is 1. The van der Waals surface area contributed by atoms with Crippen LogP contribution >= 0.6 is 0 Å². The number of rotatable bonds is 11. The molecule has 0 aliphatic carbocycles. The summed E-state index contributed by atoms with van der Waals surface area (Å²) in [6, 6.07) is 9.72. The quantitative estimate of drug-likeness (QED) is 0.285. The van der Waals surface area contributed by atoms with Gasteiger partial charge in [0.15, 0.2) is 0 Å². The standard InChI is InChI=1S/C34H45N5O7/c1-22(2)19-23-13-11-16-28-25(23)20-24(39(28)33(44)46-34(3,4)5)21-38-18-12-15-27(31(38)42)35-30(41)26(36-32(43)45-8)14-9-10-17-29(40)37(6)7/h10-13,15-18,20,22,26H,9,14,19,21H2,1-8H3,(H,35,41)(H,36,43)/b17-10+/t26-/m0/s1. The van der Waals surface area contributed by atoms with Gasteiger partial charge in [-0.2, -0.15) is 0 Å². The first kappa shape index (κ1) is 35.6. The first-order valence-electron chi connectivity index (χ1n) is 15.2.